The number of carbonyl (C=O) groups is 3. The van der Waals surface area contributed by atoms with Gasteiger partial charge in [-0.15, -0.1) is 0 Å². The largest absolute Gasteiger partial charge is 0.495 e. The molecule has 4 N–H and O–H groups in total. The molecule has 2 aromatic heterocycles. The van der Waals surface area contributed by atoms with E-state index >= 15 is 4.39 Å². The summed E-state index contributed by atoms with van der Waals surface area (Å²) >= 11 is 6.71. The van der Waals surface area contributed by atoms with E-state index < -0.39 is 17.4 Å². The van der Waals surface area contributed by atoms with Gasteiger partial charge in [0.15, 0.2) is 5.82 Å². The Hall–Kier alpha value is -5.36. The van der Waals surface area contributed by atoms with E-state index in [1.54, 1.807) is 36.5 Å². The van der Waals surface area contributed by atoms with Crippen molar-refractivity contribution in [3.8, 4) is 23.0 Å². The van der Waals surface area contributed by atoms with Crippen LogP contribution in [0.2, 0.25) is 5.02 Å². The van der Waals surface area contributed by atoms with Gasteiger partial charge in [-0.25, -0.2) is 9.18 Å². The van der Waals surface area contributed by atoms with E-state index in [-0.39, 0.29) is 58.7 Å². The third-order valence-electron chi connectivity index (χ3n) is 17.1. The zero-order valence-electron chi connectivity index (χ0n) is 41.7. The molecule has 1 atom stereocenters. The number of piperidine rings is 2. The number of piperazine rings is 1. The number of ether oxygens (including phenoxy) is 2. The fourth-order valence-corrected chi connectivity index (χ4v) is 12.8. The molecular weight excluding hydrogens is 939 g/mol. The molecule has 72 heavy (non-hydrogen) atoms. The predicted molar refractivity (Wildman–Crippen MR) is 274 cm³/mol. The minimum atomic E-state index is -0.917. The number of benzene rings is 2. The quantitative estimate of drug-likeness (QED) is 0.111. The molecule has 4 amide bonds. The van der Waals surface area contributed by atoms with Crippen molar-refractivity contribution >= 4 is 57.5 Å². The summed E-state index contributed by atoms with van der Waals surface area (Å²) in [7, 11) is 1.53. The summed E-state index contributed by atoms with van der Waals surface area (Å²) < 4.78 is 29.0. The minimum Gasteiger partial charge on any atom is -0.495 e. The monoisotopic (exact) mass is 1010 g/mol. The van der Waals surface area contributed by atoms with Gasteiger partial charge in [0.1, 0.15) is 22.8 Å². The summed E-state index contributed by atoms with van der Waals surface area (Å²) in [5.41, 5.74) is 8.80. The Bertz CT molecular complexity index is 2740. The summed E-state index contributed by atoms with van der Waals surface area (Å²) in [6.45, 7) is 11.1. The van der Waals surface area contributed by atoms with Crippen LogP contribution in [0.5, 0.6) is 11.8 Å². The number of anilines is 3. The van der Waals surface area contributed by atoms with E-state index in [1.165, 1.54) is 37.7 Å². The number of nitrogens with zero attached hydrogens (tertiary/aromatic N) is 8. The molecular formula is C54H68ClFN10O6. The number of urea groups is 1. The smallest absolute Gasteiger partial charge is 0.328 e. The highest BCUT2D eigenvalue weighted by molar-refractivity contribution is 6.32. The maximum atomic E-state index is 17.0. The van der Waals surface area contributed by atoms with E-state index in [4.69, 9.17) is 36.8 Å². The van der Waals surface area contributed by atoms with Gasteiger partial charge < -0.3 is 39.9 Å². The van der Waals surface area contributed by atoms with Crippen molar-refractivity contribution in [2.24, 2.45) is 16.7 Å². The summed E-state index contributed by atoms with van der Waals surface area (Å²) in [5.74, 6) is 0.988. The number of aromatic nitrogens is 3. The number of aliphatic hydroxyl groups is 1. The van der Waals surface area contributed by atoms with Gasteiger partial charge in [0, 0.05) is 112 Å². The third-order valence-corrected chi connectivity index (χ3v) is 17.4. The Morgan fingerprint density at radius 2 is 1.68 bits per heavy atom. The van der Waals surface area contributed by atoms with Crippen LogP contribution in [0, 0.1) is 22.6 Å². The average molecular weight is 1010 g/mol. The molecule has 0 radical (unpaired) electrons. The Morgan fingerprint density at radius 1 is 0.931 bits per heavy atom. The highest BCUT2D eigenvalue weighted by Crippen LogP contribution is 2.51. The predicted octanol–water partition coefficient (Wildman–Crippen LogP) is 7.64. The van der Waals surface area contributed by atoms with Crippen molar-refractivity contribution in [1.82, 2.24) is 35.0 Å². The zero-order valence-corrected chi connectivity index (χ0v) is 42.5. The maximum Gasteiger partial charge on any atom is 0.328 e. The highest BCUT2D eigenvalue weighted by Gasteiger charge is 2.46. The normalized spacial score (nSPS) is 23.9. The lowest BCUT2D eigenvalue weighted by Gasteiger charge is -2.47. The number of nitrogens with two attached hydrogens (primary N) is 1. The van der Waals surface area contributed by atoms with Crippen molar-refractivity contribution in [1.29, 1.82) is 0 Å². The molecule has 4 aromatic rings. The van der Waals surface area contributed by atoms with Crippen molar-refractivity contribution < 1.29 is 33.4 Å². The number of fused-ring (bicyclic) bond motifs is 1. The summed E-state index contributed by atoms with van der Waals surface area (Å²) in [4.78, 5) is 63.2. The second kappa shape index (κ2) is 19.5. The van der Waals surface area contributed by atoms with Crippen LogP contribution in [0.15, 0.2) is 36.5 Å². The van der Waals surface area contributed by atoms with Crippen molar-refractivity contribution in [3.63, 3.8) is 0 Å². The molecule has 6 heterocycles. The van der Waals surface area contributed by atoms with Gasteiger partial charge in [-0.3, -0.25) is 24.8 Å². The molecule has 18 heteroatoms. The van der Waals surface area contributed by atoms with Gasteiger partial charge in [0.25, 0.3) is 5.91 Å². The van der Waals surface area contributed by atoms with Gasteiger partial charge in [0.2, 0.25) is 5.91 Å². The molecule has 0 unspecified atom stereocenters. The van der Waals surface area contributed by atoms with Crippen LogP contribution >= 0.6 is 11.6 Å². The van der Waals surface area contributed by atoms with Crippen LogP contribution < -0.4 is 30.3 Å². The van der Waals surface area contributed by atoms with Crippen LogP contribution in [0.1, 0.15) is 112 Å². The number of likely N-dealkylation sites (tertiary alicyclic amines) is 1. The number of nitrogen functional groups attached to an aromatic ring is 1. The van der Waals surface area contributed by atoms with Crippen LogP contribution in [0.4, 0.5) is 26.4 Å². The van der Waals surface area contributed by atoms with Crippen LogP contribution in [0.25, 0.3) is 22.2 Å². The number of pyridine rings is 1. The SMILES string of the molecule is COc1ccc(C(=O)N2CCC3(CCC(CN4CCN(CC5(COc6nc(N7CCC[C@@](C)(O)C7)c7cnc(-c8cc(N)cc(Cl)c8C8CC8)c(F)c7n6)CC5)CC4)CC3)CC2)cc1N1CCC(=O)NC1=O. The van der Waals surface area contributed by atoms with Crippen LogP contribution in [-0.2, 0) is 4.79 Å². The molecule has 384 valence electrons. The van der Waals surface area contributed by atoms with E-state index in [0.29, 0.717) is 76.5 Å². The summed E-state index contributed by atoms with van der Waals surface area (Å²) in [6.07, 6.45) is 14.1. The molecule has 11 rings (SSSR count). The Labute approximate surface area is 425 Å². The number of carbonyl (C=O) groups excluding carboxylic acids is 3. The number of methoxy groups -OCH3 is 1. The number of hydrogen-bond acceptors (Lipinski definition) is 13. The molecule has 3 aliphatic carbocycles. The molecule has 7 fully saturated rings. The van der Waals surface area contributed by atoms with Gasteiger partial charge >= 0.3 is 12.0 Å². The number of halogens is 2. The number of amides is 4. The average Bonchev–Trinajstić information content (AvgIpc) is 4.32. The molecule has 4 aliphatic heterocycles. The lowest BCUT2D eigenvalue weighted by molar-refractivity contribution is -0.120. The molecule has 4 saturated heterocycles. The van der Waals surface area contributed by atoms with E-state index in [1.807, 2.05) is 16.7 Å². The lowest BCUT2D eigenvalue weighted by Crippen LogP contribution is -2.50. The van der Waals surface area contributed by atoms with Gasteiger partial charge in [0.05, 0.1) is 30.4 Å². The first-order valence-electron chi connectivity index (χ1n) is 26.3. The van der Waals surface area contributed by atoms with E-state index in [0.717, 1.165) is 103 Å². The van der Waals surface area contributed by atoms with Crippen molar-refractivity contribution in [2.45, 2.75) is 102 Å². The minimum absolute atomic E-state index is 0.0156. The lowest BCUT2D eigenvalue weighted by atomic mass is 9.65. The molecule has 16 nitrogen and oxygen atoms in total. The fourth-order valence-electron chi connectivity index (χ4n) is 12.4. The van der Waals surface area contributed by atoms with E-state index in [2.05, 4.69) is 20.1 Å². The Morgan fingerprint density at radius 3 is 2.38 bits per heavy atom. The highest BCUT2D eigenvalue weighted by atomic mass is 35.5. The number of imide groups is 1. The van der Waals surface area contributed by atoms with Crippen molar-refractivity contribution in [2.75, 3.05) is 101 Å². The first-order chi connectivity index (χ1) is 34.7. The number of nitrogens with one attached hydrogen (secondary N) is 1. The molecule has 2 aromatic carbocycles. The molecule has 0 bridgehead atoms. The van der Waals surface area contributed by atoms with Gasteiger partial charge in [-0.2, -0.15) is 9.97 Å². The third kappa shape index (κ3) is 10.1. The fraction of sp³-hybridized carbons (Fsp3) is 0.593. The van der Waals surface area contributed by atoms with E-state index in [9.17, 15) is 19.5 Å². The number of rotatable bonds is 13. The second-order valence-corrected chi connectivity index (χ2v) is 22.9. The number of hydrogen-bond donors (Lipinski definition) is 3. The first-order valence-corrected chi connectivity index (χ1v) is 26.6. The van der Waals surface area contributed by atoms with Gasteiger partial charge in [-0.1, -0.05) is 11.6 Å². The molecule has 3 saturated carbocycles. The van der Waals surface area contributed by atoms with Gasteiger partial charge in [-0.05, 0) is 137 Å². The number of β-amino-alcohol motifs (C(OH)–C–C–N with tert-alkyl or cyclic N) is 1. The summed E-state index contributed by atoms with van der Waals surface area (Å²) in [5, 5.41) is 14.4. The summed E-state index contributed by atoms with van der Waals surface area (Å²) in [6, 6.07) is 8.30. The second-order valence-electron chi connectivity index (χ2n) is 22.5. The Balaban J connectivity index is 0.678. The first kappa shape index (κ1) is 48.9. The zero-order chi connectivity index (χ0) is 49.9. The maximum absolute atomic E-state index is 17.0. The standard InChI is InChI=1S/C54H68ClFN10O6/c1-52(70)11-3-18-65(31-52)48-39-29-58-46(38-27-37(57)28-40(55)44(38)35-4-5-35)45(56)47(39)60-50(61-48)72-33-54(14-15-54)32-63-24-22-62(23-25-63)30-34-8-12-53(13-9-34)16-20-64(21-17-53)49(68)36-6-7-42(71-2)41(26-36)66-19-10-43(67)59-51(66)69/h6-7,26-29,34-35,70H,3-5,8-25,30-33,57H2,1-2H3,(H,59,67,69)/t52-/m1/s1. The Kier molecular flexibility index (Phi) is 13.2. The molecule has 7 aliphatic rings. The molecule has 1 spiro atoms. The van der Waals surface area contributed by atoms with Crippen LogP contribution in [-0.4, -0.2) is 144 Å². The van der Waals surface area contributed by atoms with Crippen molar-refractivity contribution in [3.05, 3.63) is 58.5 Å². The van der Waals surface area contributed by atoms with Crippen LogP contribution in [0.3, 0.4) is 0 Å². The topological polar surface area (TPSA) is 183 Å².